The molecule has 0 saturated carbocycles. The lowest BCUT2D eigenvalue weighted by molar-refractivity contribution is 0.233. The number of rotatable bonds is 7. The van der Waals surface area contributed by atoms with Gasteiger partial charge in [-0.05, 0) is 72.7 Å². The Balaban J connectivity index is 1.25. The largest absolute Gasteiger partial charge is 0.497 e. The van der Waals surface area contributed by atoms with E-state index in [1.165, 1.54) is 48.2 Å². The molecule has 0 N–H and O–H groups in total. The summed E-state index contributed by atoms with van der Waals surface area (Å²) in [7, 11) is 1.71. The Labute approximate surface area is 180 Å². The molecule has 0 spiro atoms. The smallest absolute Gasteiger partial charge is 0.118 e. The molecule has 1 saturated heterocycles. The first-order valence-corrected chi connectivity index (χ1v) is 11.0. The lowest BCUT2D eigenvalue weighted by Gasteiger charge is -2.31. The third-order valence-electron chi connectivity index (χ3n) is 6.08. The van der Waals surface area contributed by atoms with Crippen LogP contribution in [0.4, 0.5) is 0 Å². The van der Waals surface area contributed by atoms with Crippen molar-refractivity contribution in [3.8, 4) is 5.75 Å². The fourth-order valence-corrected chi connectivity index (χ4v) is 4.24. The molecule has 0 bridgehead atoms. The van der Waals surface area contributed by atoms with Crippen molar-refractivity contribution in [1.29, 1.82) is 0 Å². The van der Waals surface area contributed by atoms with Crippen molar-refractivity contribution in [2.45, 2.75) is 25.2 Å². The molecule has 3 aromatic carbocycles. The first-order valence-electron chi connectivity index (χ1n) is 11.0. The van der Waals surface area contributed by atoms with Crippen molar-refractivity contribution < 1.29 is 4.74 Å². The summed E-state index contributed by atoms with van der Waals surface area (Å²) in [6, 6.07) is 28.2. The van der Waals surface area contributed by atoms with E-state index in [-0.39, 0.29) is 0 Å². The number of benzene rings is 3. The number of methoxy groups -OCH3 is 1. The number of ether oxygens (including phenoxy) is 1. The van der Waals surface area contributed by atoms with Crippen molar-refractivity contribution >= 4 is 6.08 Å². The zero-order valence-electron chi connectivity index (χ0n) is 17.8. The van der Waals surface area contributed by atoms with Gasteiger partial charge < -0.3 is 4.74 Å². The fourth-order valence-electron chi connectivity index (χ4n) is 4.24. The Hall–Kier alpha value is -2.84. The highest BCUT2D eigenvalue weighted by Crippen LogP contribution is 2.28. The van der Waals surface area contributed by atoms with Crippen LogP contribution in [0.15, 0.2) is 84.9 Å². The maximum Gasteiger partial charge on any atom is 0.118 e. The Morgan fingerprint density at radius 3 is 2.10 bits per heavy atom. The minimum atomic E-state index is 0.689. The lowest BCUT2D eigenvalue weighted by Crippen LogP contribution is -2.33. The number of piperidine rings is 1. The monoisotopic (exact) mass is 397 g/mol. The summed E-state index contributed by atoms with van der Waals surface area (Å²) in [6.45, 7) is 3.40. The van der Waals surface area contributed by atoms with Crippen LogP contribution in [0.5, 0.6) is 5.75 Å². The van der Waals surface area contributed by atoms with Crippen LogP contribution in [-0.4, -0.2) is 31.6 Å². The molecule has 3 aromatic rings. The molecule has 30 heavy (non-hydrogen) atoms. The lowest BCUT2D eigenvalue weighted by atomic mass is 9.88. The second-order valence-corrected chi connectivity index (χ2v) is 8.15. The average Bonchev–Trinajstić information content (AvgIpc) is 2.81. The van der Waals surface area contributed by atoms with E-state index in [9.17, 15) is 0 Å². The van der Waals surface area contributed by atoms with E-state index < -0.39 is 0 Å². The van der Waals surface area contributed by atoms with Crippen LogP contribution >= 0.6 is 0 Å². The average molecular weight is 398 g/mol. The molecule has 0 amide bonds. The Kier molecular flexibility index (Phi) is 6.99. The van der Waals surface area contributed by atoms with E-state index in [1.54, 1.807) is 7.11 Å². The summed E-state index contributed by atoms with van der Waals surface area (Å²) in [5, 5.41) is 0. The molecule has 0 unspecified atom stereocenters. The SMILES string of the molecule is COc1ccc(Cc2ccc(C3CCN(CC=Cc4ccccc4)CC3)cc2)cc1. The second kappa shape index (κ2) is 10.3. The van der Waals surface area contributed by atoms with Crippen LogP contribution < -0.4 is 4.74 Å². The third kappa shape index (κ3) is 5.61. The molecule has 1 aliphatic heterocycles. The van der Waals surface area contributed by atoms with Gasteiger partial charge in [0.1, 0.15) is 5.75 Å². The molecule has 1 fully saturated rings. The normalized spacial score (nSPS) is 15.5. The van der Waals surface area contributed by atoms with Crippen molar-refractivity contribution in [3.63, 3.8) is 0 Å². The quantitative estimate of drug-likeness (QED) is 0.472. The Bertz CT molecular complexity index is 921. The van der Waals surface area contributed by atoms with E-state index in [2.05, 4.69) is 83.8 Å². The van der Waals surface area contributed by atoms with E-state index in [1.807, 2.05) is 12.1 Å². The van der Waals surface area contributed by atoms with Crippen LogP contribution in [0.2, 0.25) is 0 Å². The molecule has 0 atom stereocenters. The molecule has 0 aliphatic carbocycles. The van der Waals surface area contributed by atoms with Gasteiger partial charge in [0.25, 0.3) is 0 Å². The zero-order chi connectivity index (χ0) is 20.6. The fraction of sp³-hybridized carbons (Fsp3) is 0.286. The first-order chi connectivity index (χ1) is 14.8. The highest BCUT2D eigenvalue weighted by molar-refractivity contribution is 5.48. The maximum absolute atomic E-state index is 5.24. The summed E-state index contributed by atoms with van der Waals surface area (Å²) < 4.78 is 5.24. The zero-order valence-corrected chi connectivity index (χ0v) is 17.8. The van der Waals surface area contributed by atoms with Crippen molar-refractivity contribution in [1.82, 2.24) is 4.90 Å². The van der Waals surface area contributed by atoms with Crippen LogP contribution in [0.1, 0.15) is 41.0 Å². The van der Waals surface area contributed by atoms with Gasteiger partial charge in [-0.1, -0.05) is 78.9 Å². The summed E-state index contributed by atoms with van der Waals surface area (Å²) in [4.78, 5) is 2.56. The number of hydrogen-bond acceptors (Lipinski definition) is 2. The maximum atomic E-state index is 5.24. The first kappa shape index (κ1) is 20.4. The molecular weight excluding hydrogens is 366 g/mol. The van der Waals surface area contributed by atoms with Crippen molar-refractivity contribution in [2.24, 2.45) is 0 Å². The van der Waals surface area contributed by atoms with Gasteiger partial charge in [-0.15, -0.1) is 0 Å². The van der Waals surface area contributed by atoms with Gasteiger partial charge in [0.15, 0.2) is 0 Å². The van der Waals surface area contributed by atoms with Crippen LogP contribution in [0.25, 0.3) is 6.08 Å². The van der Waals surface area contributed by atoms with Gasteiger partial charge >= 0.3 is 0 Å². The van der Waals surface area contributed by atoms with E-state index >= 15 is 0 Å². The second-order valence-electron chi connectivity index (χ2n) is 8.15. The van der Waals surface area contributed by atoms with Crippen LogP contribution in [0, 0.1) is 0 Å². The number of hydrogen-bond donors (Lipinski definition) is 0. The van der Waals surface area contributed by atoms with Crippen molar-refractivity contribution in [3.05, 3.63) is 107 Å². The topological polar surface area (TPSA) is 12.5 Å². The third-order valence-corrected chi connectivity index (χ3v) is 6.08. The summed E-state index contributed by atoms with van der Waals surface area (Å²) in [5.74, 6) is 1.60. The van der Waals surface area contributed by atoms with E-state index in [0.717, 1.165) is 18.7 Å². The summed E-state index contributed by atoms with van der Waals surface area (Å²) in [6.07, 6.45) is 7.99. The summed E-state index contributed by atoms with van der Waals surface area (Å²) in [5.41, 5.74) is 5.46. The van der Waals surface area contributed by atoms with Gasteiger partial charge in [0.05, 0.1) is 7.11 Å². The van der Waals surface area contributed by atoms with E-state index in [0.29, 0.717) is 5.92 Å². The Morgan fingerprint density at radius 2 is 1.47 bits per heavy atom. The van der Waals surface area contributed by atoms with Gasteiger partial charge in [-0.25, -0.2) is 0 Å². The molecule has 0 aromatic heterocycles. The van der Waals surface area contributed by atoms with Gasteiger partial charge in [-0.2, -0.15) is 0 Å². The molecule has 4 rings (SSSR count). The molecule has 1 heterocycles. The van der Waals surface area contributed by atoms with Gasteiger partial charge in [-0.3, -0.25) is 4.90 Å². The molecular formula is C28H31NO. The highest BCUT2D eigenvalue weighted by Gasteiger charge is 2.19. The molecule has 1 aliphatic rings. The van der Waals surface area contributed by atoms with E-state index in [4.69, 9.17) is 4.74 Å². The summed E-state index contributed by atoms with van der Waals surface area (Å²) >= 11 is 0. The van der Waals surface area contributed by atoms with Gasteiger partial charge in [0.2, 0.25) is 0 Å². The number of likely N-dealkylation sites (tertiary alicyclic amines) is 1. The minimum absolute atomic E-state index is 0.689. The van der Waals surface area contributed by atoms with Crippen LogP contribution in [0.3, 0.4) is 0 Å². The molecule has 2 heteroatoms. The van der Waals surface area contributed by atoms with Crippen LogP contribution in [-0.2, 0) is 6.42 Å². The highest BCUT2D eigenvalue weighted by atomic mass is 16.5. The minimum Gasteiger partial charge on any atom is -0.497 e. The molecule has 0 radical (unpaired) electrons. The number of nitrogens with zero attached hydrogens (tertiary/aromatic N) is 1. The standard InChI is InChI=1S/C28H31NO/c1-30-28-15-11-25(12-16-28)22-24-9-13-26(14-10-24)27-17-20-29(21-18-27)19-5-8-23-6-3-2-4-7-23/h2-16,27H,17-22H2,1H3. The Morgan fingerprint density at radius 1 is 0.833 bits per heavy atom. The van der Waals surface area contributed by atoms with Gasteiger partial charge in [0, 0.05) is 6.54 Å². The molecule has 154 valence electrons. The predicted octanol–water partition coefficient (Wildman–Crippen LogP) is 6.18. The van der Waals surface area contributed by atoms with Crippen molar-refractivity contribution in [2.75, 3.05) is 26.7 Å². The molecule has 2 nitrogen and oxygen atoms in total. The predicted molar refractivity (Wildman–Crippen MR) is 126 cm³/mol.